The predicted octanol–water partition coefficient (Wildman–Crippen LogP) is 1.88. The highest BCUT2D eigenvalue weighted by atomic mass is 16.5. The molecule has 1 aromatic carbocycles. The summed E-state index contributed by atoms with van der Waals surface area (Å²) in [5.74, 6) is -0.1000. The molecule has 1 atom stereocenters. The van der Waals surface area contributed by atoms with Gasteiger partial charge in [0.2, 0.25) is 11.8 Å². The zero-order chi connectivity index (χ0) is 19.6. The largest absolute Gasteiger partial charge is 0.481 e. The molecule has 1 heterocycles. The number of ether oxygens (including phenoxy) is 2. The Bertz CT molecular complexity index is 754. The number of anilines is 1. The minimum Gasteiger partial charge on any atom is -0.481 e. The molecule has 0 aliphatic rings. The van der Waals surface area contributed by atoms with Gasteiger partial charge in [-0.05, 0) is 11.5 Å². The number of aromatic nitrogens is 2. The number of alkyl carbamates (subject to hydrolysis) is 1. The van der Waals surface area contributed by atoms with E-state index >= 15 is 0 Å². The van der Waals surface area contributed by atoms with E-state index in [-0.39, 0.29) is 18.5 Å². The highest BCUT2D eigenvalue weighted by molar-refractivity contribution is 5.86. The Balaban J connectivity index is 1.87. The van der Waals surface area contributed by atoms with Crippen LogP contribution < -0.4 is 20.9 Å². The van der Waals surface area contributed by atoms with Gasteiger partial charge in [-0.2, -0.15) is 4.98 Å². The van der Waals surface area contributed by atoms with Crippen molar-refractivity contribution >= 4 is 17.9 Å². The first-order valence-electron chi connectivity index (χ1n) is 8.39. The first-order chi connectivity index (χ1) is 13.0. The Kier molecular flexibility index (Phi) is 7.36. The Hall–Kier alpha value is -3.36. The van der Waals surface area contributed by atoms with Crippen LogP contribution in [0.2, 0.25) is 0 Å². The van der Waals surface area contributed by atoms with E-state index in [9.17, 15) is 9.59 Å². The summed E-state index contributed by atoms with van der Waals surface area (Å²) in [5.41, 5.74) is 5.92. The summed E-state index contributed by atoms with van der Waals surface area (Å²) >= 11 is 0. The molecule has 144 valence electrons. The summed E-state index contributed by atoms with van der Waals surface area (Å²) in [7, 11) is 1.48. The number of benzene rings is 1. The number of amides is 2. The minimum atomic E-state index is -0.800. The zero-order valence-corrected chi connectivity index (χ0v) is 15.4. The summed E-state index contributed by atoms with van der Waals surface area (Å²) in [6.07, 6.45) is 0.810. The third kappa shape index (κ3) is 6.46. The van der Waals surface area contributed by atoms with Crippen LogP contribution in [-0.2, 0) is 16.1 Å². The maximum absolute atomic E-state index is 12.4. The molecule has 2 amide bonds. The number of carbonyl (C=O) groups is 2. The van der Waals surface area contributed by atoms with Crippen LogP contribution in [0.5, 0.6) is 5.88 Å². The SMILES string of the molecule is COc1ccnc(NNC(=O)[C@@H](NC(=O)OCc2ccccc2)C(C)C)n1. The molecule has 0 radical (unpaired) electrons. The number of nitrogens with zero attached hydrogens (tertiary/aromatic N) is 2. The maximum Gasteiger partial charge on any atom is 0.408 e. The van der Waals surface area contributed by atoms with Crippen molar-refractivity contribution in [2.24, 2.45) is 5.92 Å². The van der Waals surface area contributed by atoms with Crippen LogP contribution in [0.15, 0.2) is 42.6 Å². The van der Waals surface area contributed by atoms with E-state index in [1.807, 2.05) is 44.2 Å². The van der Waals surface area contributed by atoms with E-state index in [1.54, 1.807) is 6.07 Å². The van der Waals surface area contributed by atoms with Crippen LogP contribution in [-0.4, -0.2) is 35.1 Å². The fourth-order valence-electron chi connectivity index (χ4n) is 2.14. The van der Waals surface area contributed by atoms with Gasteiger partial charge in [0.15, 0.2) is 0 Å². The lowest BCUT2D eigenvalue weighted by Crippen LogP contribution is -2.51. The van der Waals surface area contributed by atoms with E-state index in [0.29, 0.717) is 5.88 Å². The highest BCUT2D eigenvalue weighted by Gasteiger charge is 2.25. The fourth-order valence-corrected chi connectivity index (χ4v) is 2.14. The van der Waals surface area contributed by atoms with Gasteiger partial charge in [0.1, 0.15) is 12.6 Å². The summed E-state index contributed by atoms with van der Waals surface area (Å²) in [4.78, 5) is 32.4. The molecule has 3 N–H and O–H groups in total. The molecule has 0 bridgehead atoms. The standard InChI is InChI=1S/C18H23N5O4/c1-12(2)15(21-18(25)27-11-13-7-5-4-6-8-13)16(24)22-23-17-19-10-9-14(20-17)26-3/h4-10,12,15H,11H2,1-3H3,(H,21,25)(H,22,24)(H,19,20,23)/t15-/m0/s1. The first-order valence-corrected chi connectivity index (χ1v) is 8.39. The van der Waals surface area contributed by atoms with Crippen molar-refractivity contribution in [3.63, 3.8) is 0 Å². The molecule has 0 aliphatic heterocycles. The normalized spacial score (nSPS) is 11.4. The Morgan fingerprint density at radius 1 is 1.15 bits per heavy atom. The monoisotopic (exact) mass is 373 g/mol. The van der Waals surface area contributed by atoms with Crippen LogP contribution in [0.3, 0.4) is 0 Å². The van der Waals surface area contributed by atoms with Gasteiger partial charge < -0.3 is 14.8 Å². The van der Waals surface area contributed by atoms with Gasteiger partial charge >= 0.3 is 6.09 Å². The van der Waals surface area contributed by atoms with Crippen LogP contribution in [0, 0.1) is 5.92 Å². The van der Waals surface area contributed by atoms with Crippen LogP contribution >= 0.6 is 0 Å². The molecule has 0 saturated heterocycles. The summed E-state index contributed by atoms with van der Waals surface area (Å²) in [5, 5.41) is 2.57. The second-order valence-corrected chi connectivity index (χ2v) is 5.96. The molecular weight excluding hydrogens is 350 g/mol. The lowest BCUT2D eigenvalue weighted by atomic mass is 10.0. The van der Waals surface area contributed by atoms with Crippen molar-refractivity contribution in [1.29, 1.82) is 0 Å². The van der Waals surface area contributed by atoms with Crippen molar-refractivity contribution in [2.45, 2.75) is 26.5 Å². The van der Waals surface area contributed by atoms with Crippen molar-refractivity contribution in [3.05, 3.63) is 48.2 Å². The van der Waals surface area contributed by atoms with Crippen LogP contribution in [0.4, 0.5) is 10.7 Å². The van der Waals surface area contributed by atoms with Gasteiger partial charge in [-0.1, -0.05) is 44.2 Å². The zero-order valence-electron chi connectivity index (χ0n) is 15.4. The van der Waals surface area contributed by atoms with E-state index in [4.69, 9.17) is 9.47 Å². The Morgan fingerprint density at radius 3 is 2.56 bits per heavy atom. The lowest BCUT2D eigenvalue weighted by molar-refractivity contribution is -0.123. The van der Waals surface area contributed by atoms with E-state index in [2.05, 4.69) is 26.1 Å². The molecule has 0 unspecified atom stereocenters. The predicted molar refractivity (Wildman–Crippen MR) is 98.7 cm³/mol. The van der Waals surface area contributed by atoms with E-state index < -0.39 is 18.0 Å². The smallest absolute Gasteiger partial charge is 0.408 e. The second-order valence-electron chi connectivity index (χ2n) is 5.96. The molecule has 0 saturated carbocycles. The molecule has 9 heteroatoms. The highest BCUT2D eigenvalue weighted by Crippen LogP contribution is 2.07. The van der Waals surface area contributed by atoms with E-state index in [1.165, 1.54) is 13.3 Å². The molecular formula is C18H23N5O4. The van der Waals surface area contributed by atoms with Gasteiger partial charge in [-0.15, -0.1) is 0 Å². The van der Waals surface area contributed by atoms with Crippen LogP contribution in [0.25, 0.3) is 0 Å². The number of rotatable bonds is 8. The van der Waals surface area contributed by atoms with E-state index in [0.717, 1.165) is 5.56 Å². The molecule has 2 aromatic rings. The molecule has 9 nitrogen and oxygen atoms in total. The molecule has 1 aromatic heterocycles. The maximum atomic E-state index is 12.4. The Morgan fingerprint density at radius 2 is 1.89 bits per heavy atom. The fraction of sp³-hybridized carbons (Fsp3) is 0.333. The summed E-state index contributed by atoms with van der Waals surface area (Å²) < 4.78 is 10.1. The van der Waals surface area contributed by atoms with Crippen molar-refractivity contribution < 1.29 is 19.1 Å². The van der Waals surface area contributed by atoms with Crippen molar-refractivity contribution in [2.75, 3.05) is 12.5 Å². The summed E-state index contributed by atoms with van der Waals surface area (Å²) in [6.45, 7) is 3.74. The third-order valence-electron chi connectivity index (χ3n) is 3.57. The van der Waals surface area contributed by atoms with Crippen molar-refractivity contribution in [1.82, 2.24) is 20.7 Å². The average molecular weight is 373 g/mol. The first kappa shape index (κ1) is 20.0. The Labute approximate surface area is 157 Å². The minimum absolute atomic E-state index is 0.120. The number of carbonyl (C=O) groups excluding carboxylic acids is 2. The topological polar surface area (TPSA) is 114 Å². The molecule has 2 rings (SSSR count). The van der Waals surface area contributed by atoms with Crippen LogP contribution in [0.1, 0.15) is 19.4 Å². The molecule has 0 aliphatic carbocycles. The number of nitrogens with one attached hydrogen (secondary N) is 3. The molecule has 27 heavy (non-hydrogen) atoms. The third-order valence-corrected chi connectivity index (χ3v) is 3.57. The molecule has 0 fully saturated rings. The number of hydrazine groups is 1. The number of hydrogen-bond donors (Lipinski definition) is 3. The summed E-state index contributed by atoms with van der Waals surface area (Å²) in [6, 6.07) is 10.1. The second kappa shape index (κ2) is 9.95. The van der Waals surface area contributed by atoms with Gasteiger partial charge in [-0.25, -0.2) is 9.78 Å². The molecule has 0 spiro atoms. The lowest BCUT2D eigenvalue weighted by Gasteiger charge is -2.21. The average Bonchev–Trinajstić information content (AvgIpc) is 2.69. The van der Waals surface area contributed by atoms with Crippen molar-refractivity contribution in [3.8, 4) is 5.88 Å². The van der Waals surface area contributed by atoms with Gasteiger partial charge in [0.25, 0.3) is 5.91 Å². The van der Waals surface area contributed by atoms with Gasteiger partial charge in [0.05, 0.1) is 7.11 Å². The van der Waals surface area contributed by atoms with Gasteiger partial charge in [0, 0.05) is 12.3 Å². The number of hydrogen-bond acceptors (Lipinski definition) is 7. The van der Waals surface area contributed by atoms with Gasteiger partial charge in [-0.3, -0.25) is 15.6 Å². The number of methoxy groups -OCH3 is 1. The quantitative estimate of drug-likeness (QED) is 0.605.